The van der Waals surface area contributed by atoms with E-state index in [0.29, 0.717) is 0 Å². The van der Waals surface area contributed by atoms with Crippen molar-refractivity contribution in [3.05, 3.63) is 10.4 Å². The van der Waals surface area contributed by atoms with Gasteiger partial charge in [-0.05, 0) is 40.1 Å². The number of hydrogen-bond donors (Lipinski definition) is 1. The van der Waals surface area contributed by atoms with E-state index in [1.165, 1.54) is 4.90 Å². The maximum absolute atomic E-state index is 12.5. The molecule has 0 aromatic carbocycles. The molecule has 23 heavy (non-hydrogen) atoms. The van der Waals surface area contributed by atoms with Crippen LogP contribution in [0.3, 0.4) is 0 Å². The van der Waals surface area contributed by atoms with Crippen LogP contribution in [-0.2, 0) is 14.2 Å². The first-order valence-corrected chi connectivity index (χ1v) is 7.58. The molecule has 0 aliphatic carbocycles. The third kappa shape index (κ3) is 4.06. The highest BCUT2D eigenvalue weighted by atomic mass is 16.7. The Hall–Kier alpha value is -1.54. The summed E-state index contributed by atoms with van der Waals surface area (Å²) in [6.45, 7) is 9.01. The Morgan fingerprint density at radius 3 is 2.70 bits per heavy atom. The van der Waals surface area contributed by atoms with Gasteiger partial charge < -0.3 is 19.3 Å². The number of amides is 1. The quantitative estimate of drug-likeness (QED) is 0.447. The molecule has 2 unspecified atom stereocenters. The Bertz CT molecular complexity index is 512. The summed E-state index contributed by atoms with van der Waals surface area (Å²) in [6, 6.07) is -1.30. The summed E-state index contributed by atoms with van der Waals surface area (Å²) < 4.78 is 16.8. The molecule has 2 heterocycles. The average molecular weight is 328 g/mol. The van der Waals surface area contributed by atoms with E-state index in [2.05, 4.69) is 10.0 Å². The topological polar surface area (TPSA) is 117 Å². The van der Waals surface area contributed by atoms with Crippen molar-refractivity contribution in [1.82, 2.24) is 4.90 Å². The second-order valence-corrected chi connectivity index (χ2v) is 7.26. The highest BCUT2D eigenvalue weighted by Crippen LogP contribution is 2.33. The molecule has 0 bridgehead atoms. The van der Waals surface area contributed by atoms with Crippen molar-refractivity contribution in [2.24, 2.45) is 5.11 Å². The van der Waals surface area contributed by atoms with Crippen molar-refractivity contribution in [1.29, 1.82) is 0 Å². The minimum atomic E-state index is -1.02. The maximum Gasteiger partial charge on any atom is 0.410 e. The summed E-state index contributed by atoms with van der Waals surface area (Å²) in [7, 11) is 0. The lowest BCUT2D eigenvalue weighted by atomic mass is 9.92. The van der Waals surface area contributed by atoms with Gasteiger partial charge in [-0.1, -0.05) is 5.11 Å². The molecule has 0 aromatic heterocycles. The summed E-state index contributed by atoms with van der Waals surface area (Å²) in [4.78, 5) is 16.6. The number of fused-ring (bicyclic) bond motifs is 1. The van der Waals surface area contributed by atoms with Gasteiger partial charge in [0, 0.05) is 11.5 Å². The van der Waals surface area contributed by atoms with E-state index in [1.807, 2.05) is 0 Å². The molecule has 2 saturated heterocycles. The Morgan fingerprint density at radius 1 is 1.48 bits per heavy atom. The largest absolute Gasteiger partial charge is 0.444 e. The molecule has 9 heteroatoms. The van der Waals surface area contributed by atoms with Crippen LogP contribution >= 0.6 is 0 Å². The SMILES string of the molecule is CC(C)(C)OC(=O)N1CC(N=[N+]=[N-])[C@H](O)[C@@H]2OC(C)(C)OCC21. The fourth-order valence-electron chi connectivity index (χ4n) is 2.75. The Kier molecular flexibility index (Phi) is 4.77. The highest BCUT2D eigenvalue weighted by molar-refractivity contribution is 5.69. The lowest BCUT2D eigenvalue weighted by molar-refractivity contribution is -0.315. The van der Waals surface area contributed by atoms with Crippen molar-refractivity contribution in [2.75, 3.05) is 13.2 Å². The van der Waals surface area contributed by atoms with E-state index in [-0.39, 0.29) is 13.2 Å². The predicted octanol–water partition coefficient (Wildman–Crippen LogP) is 1.80. The summed E-state index contributed by atoms with van der Waals surface area (Å²) in [5.74, 6) is -0.889. The minimum Gasteiger partial charge on any atom is -0.444 e. The first-order valence-electron chi connectivity index (χ1n) is 7.58. The molecule has 2 rings (SSSR count). The van der Waals surface area contributed by atoms with Gasteiger partial charge >= 0.3 is 6.09 Å². The molecular formula is C14H24N4O5. The molecule has 1 amide bonds. The lowest BCUT2D eigenvalue weighted by Gasteiger charge is -2.51. The summed E-state index contributed by atoms with van der Waals surface area (Å²) in [5.41, 5.74) is 8.03. The van der Waals surface area contributed by atoms with E-state index < -0.39 is 41.8 Å². The van der Waals surface area contributed by atoms with Crippen LogP contribution in [0.15, 0.2) is 5.11 Å². The molecule has 0 spiro atoms. The number of azide groups is 1. The Morgan fingerprint density at radius 2 is 2.13 bits per heavy atom. The van der Waals surface area contributed by atoms with Gasteiger partial charge in [0.25, 0.3) is 0 Å². The number of carbonyl (C=O) groups excluding carboxylic acids is 1. The molecule has 2 fully saturated rings. The molecule has 4 atom stereocenters. The van der Waals surface area contributed by atoms with Gasteiger partial charge in [-0.25, -0.2) is 4.79 Å². The molecule has 0 radical (unpaired) electrons. The number of rotatable bonds is 1. The van der Waals surface area contributed by atoms with Crippen LogP contribution in [0.1, 0.15) is 34.6 Å². The second-order valence-electron chi connectivity index (χ2n) is 7.26. The van der Waals surface area contributed by atoms with Crippen LogP contribution in [0.2, 0.25) is 0 Å². The molecule has 1 N–H and O–H groups in total. The lowest BCUT2D eigenvalue weighted by Crippen LogP contribution is -2.68. The first-order chi connectivity index (χ1) is 10.5. The highest BCUT2D eigenvalue weighted by Gasteiger charge is 2.51. The number of hydrogen-bond acceptors (Lipinski definition) is 6. The summed E-state index contributed by atoms with van der Waals surface area (Å²) in [5, 5.41) is 14.0. The van der Waals surface area contributed by atoms with Crippen LogP contribution in [0.5, 0.6) is 0 Å². The zero-order chi connectivity index (χ0) is 17.4. The third-order valence-corrected chi connectivity index (χ3v) is 3.74. The molecule has 9 nitrogen and oxygen atoms in total. The number of aliphatic hydroxyl groups excluding tert-OH is 1. The molecule has 0 aromatic rings. The molecule has 130 valence electrons. The smallest absolute Gasteiger partial charge is 0.410 e. The third-order valence-electron chi connectivity index (χ3n) is 3.74. The van der Waals surface area contributed by atoms with Gasteiger partial charge in [0.2, 0.25) is 0 Å². The number of aliphatic hydroxyl groups is 1. The summed E-state index contributed by atoms with van der Waals surface area (Å²) >= 11 is 0. The number of ether oxygens (including phenoxy) is 3. The summed E-state index contributed by atoms with van der Waals surface area (Å²) in [6.07, 6.45) is -2.28. The first kappa shape index (κ1) is 17.8. The van der Waals surface area contributed by atoms with Crippen molar-refractivity contribution in [3.63, 3.8) is 0 Å². The zero-order valence-corrected chi connectivity index (χ0v) is 14.1. The average Bonchev–Trinajstić information content (AvgIpc) is 2.39. The van der Waals surface area contributed by atoms with Crippen molar-refractivity contribution in [3.8, 4) is 0 Å². The van der Waals surface area contributed by atoms with Gasteiger partial charge in [0.15, 0.2) is 5.79 Å². The van der Waals surface area contributed by atoms with Crippen molar-refractivity contribution >= 4 is 6.09 Å². The van der Waals surface area contributed by atoms with Gasteiger partial charge in [-0.15, -0.1) is 0 Å². The zero-order valence-electron chi connectivity index (χ0n) is 14.1. The Balaban J connectivity index is 2.27. The molecule has 2 aliphatic rings. The fourth-order valence-corrected chi connectivity index (χ4v) is 2.75. The van der Waals surface area contributed by atoms with E-state index in [4.69, 9.17) is 19.7 Å². The van der Waals surface area contributed by atoms with Crippen molar-refractivity contribution < 1.29 is 24.1 Å². The number of nitrogens with zero attached hydrogens (tertiary/aromatic N) is 4. The maximum atomic E-state index is 12.5. The second kappa shape index (κ2) is 6.16. The van der Waals surface area contributed by atoms with Crippen LogP contribution in [0.25, 0.3) is 10.4 Å². The van der Waals surface area contributed by atoms with Crippen LogP contribution < -0.4 is 0 Å². The van der Waals surface area contributed by atoms with Gasteiger partial charge in [-0.2, -0.15) is 0 Å². The van der Waals surface area contributed by atoms with E-state index in [1.54, 1.807) is 34.6 Å². The molecule has 2 aliphatic heterocycles. The number of piperidine rings is 1. The Labute approximate surface area is 135 Å². The number of likely N-dealkylation sites (tertiary alicyclic amines) is 1. The van der Waals surface area contributed by atoms with Crippen LogP contribution in [-0.4, -0.2) is 64.9 Å². The fraction of sp³-hybridized carbons (Fsp3) is 0.929. The van der Waals surface area contributed by atoms with Crippen LogP contribution in [0.4, 0.5) is 4.79 Å². The van der Waals surface area contributed by atoms with Crippen LogP contribution in [0, 0.1) is 0 Å². The van der Waals surface area contributed by atoms with E-state index in [9.17, 15) is 9.90 Å². The molecule has 0 saturated carbocycles. The molecular weight excluding hydrogens is 304 g/mol. The predicted molar refractivity (Wildman–Crippen MR) is 80.6 cm³/mol. The monoisotopic (exact) mass is 328 g/mol. The van der Waals surface area contributed by atoms with Gasteiger partial charge in [0.05, 0.1) is 24.8 Å². The standard InChI is InChI=1S/C14H24N4O5/c1-13(2,3)23-12(20)18-6-8(16-17-15)10(19)11-9(18)7-21-14(4,5)22-11/h8-11,19H,6-7H2,1-5H3/t8?,9?,10-,11+/m0/s1. The minimum absolute atomic E-state index is 0.0501. The van der Waals surface area contributed by atoms with E-state index in [0.717, 1.165) is 0 Å². The number of carbonyl (C=O) groups is 1. The van der Waals surface area contributed by atoms with Gasteiger partial charge in [0.1, 0.15) is 11.7 Å². The van der Waals surface area contributed by atoms with E-state index >= 15 is 0 Å². The normalized spacial score (nSPS) is 33.4. The van der Waals surface area contributed by atoms with Crippen molar-refractivity contribution in [2.45, 2.75) is 70.3 Å². The van der Waals surface area contributed by atoms with Gasteiger partial charge in [-0.3, -0.25) is 4.90 Å².